The maximum absolute atomic E-state index is 12.8. The van der Waals surface area contributed by atoms with Crippen molar-refractivity contribution in [2.75, 3.05) is 0 Å². The van der Waals surface area contributed by atoms with Crippen LogP contribution in [0.3, 0.4) is 0 Å². The first kappa shape index (κ1) is 9.31. The molecule has 1 heterocycles. The molecule has 1 rings (SSSR count). The SMILES string of the molecule is O=C(O)CC(=O)c1ccncc1F. The van der Waals surface area contributed by atoms with Gasteiger partial charge in [0.2, 0.25) is 0 Å². The van der Waals surface area contributed by atoms with Gasteiger partial charge in [0.05, 0.1) is 11.8 Å². The van der Waals surface area contributed by atoms with Crippen LogP contribution >= 0.6 is 0 Å². The summed E-state index contributed by atoms with van der Waals surface area (Å²) in [5.41, 5.74) is -0.239. The Kier molecular flexibility index (Phi) is 2.69. The molecular weight excluding hydrogens is 177 g/mol. The van der Waals surface area contributed by atoms with E-state index in [9.17, 15) is 14.0 Å². The van der Waals surface area contributed by atoms with Crippen molar-refractivity contribution in [3.8, 4) is 0 Å². The van der Waals surface area contributed by atoms with E-state index < -0.39 is 24.0 Å². The quantitative estimate of drug-likeness (QED) is 0.557. The van der Waals surface area contributed by atoms with Crippen molar-refractivity contribution in [1.82, 2.24) is 4.98 Å². The van der Waals surface area contributed by atoms with Gasteiger partial charge < -0.3 is 5.11 Å². The molecule has 0 bridgehead atoms. The lowest BCUT2D eigenvalue weighted by atomic mass is 10.1. The van der Waals surface area contributed by atoms with Crippen LogP contribution in [0, 0.1) is 5.82 Å². The molecule has 0 unspecified atom stereocenters. The van der Waals surface area contributed by atoms with Crippen molar-refractivity contribution in [2.45, 2.75) is 6.42 Å². The molecule has 0 spiro atoms. The van der Waals surface area contributed by atoms with E-state index in [2.05, 4.69) is 4.98 Å². The summed E-state index contributed by atoms with van der Waals surface area (Å²) in [5, 5.41) is 8.28. The summed E-state index contributed by atoms with van der Waals surface area (Å²) in [6.07, 6.45) is 1.40. The van der Waals surface area contributed by atoms with Crippen LogP contribution in [0.15, 0.2) is 18.5 Å². The van der Waals surface area contributed by atoms with E-state index >= 15 is 0 Å². The molecule has 0 amide bonds. The van der Waals surface area contributed by atoms with E-state index in [-0.39, 0.29) is 5.56 Å². The number of carbonyl (C=O) groups is 2. The molecular formula is C8H6FNO3. The third kappa shape index (κ3) is 2.33. The van der Waals surface area contributed by atoms with Gasteiger partial charge in [-0.05, 0) is 6.07 Å². The maximum Gasteiger partial charge on any atom is 0.311 e. The van der Waals surface area contributed by atoms with Crippen LogP contribution in [-0.2, 0) is 4.79 Å². The van der Waals surface area contributed by atoms with Gasteiger partial charge in [0.25, 0.3) is 0 Å². The third-order valence-electron chi connectivity index (χ3n) is 1.38. The van der Waals surface area contributed by atoms with Crippen LogP contribution in [-0.4, -0.2) is 21.8 Å². The Balaban J connectivity index is 2.89. The number of rotatable bonds is 3. The number of carboxylic acid groups (broad SMARTS) is 1. The molecule has 1 aromatic rings. The Morgan fingerprint density at radius 2 is 2.23 bits per heavy atom. The third-order valence-corrected chi connectivity index (χ3v) is 1.38. The number of carboxylic acids is 1. The molecule has 0 saturated carbocycles. The minimum atomic E-state index is -1.28. The van der Waals surface area contributed by atoms with Crippen LogP contribution in [0.5, 0.6) is 0 Å². The summed E-state index contributed by atoms with van der Waals surface area (Å²) < 4.78 is 12.8. The average molecular weight is 183 g/mol. The van der Waals surface area contributed by atoms with Crippen LogP contribution in [0.2, 0.25) is 0 Å². The van der Waals surface area contributed by atoms with Crippen LogP contribution in [0.25, 0.3) is 0 Å². The molecule has 0 aliphatic carbocycles. The molecule has 1 N–H and O–H groups in total. The van der Waals surface area contributed by atoms with E-state index in [1.54, 1.807) is 0 Å². The molecule has 0 atom stereocenters. The number of hydrogen-bond donors (Lipinski definition) is 1. The summed E-state index contributed by atoms with van der Waals surface area (Å²) in [7, 11) is 0. The van der Waals surface area contributed by atoms with Crippen LogP contribution in [0.4, 0.5) is 4.39 Å². The molecule has 1 aromatic heterocycles. The number of aromatic nitrogens is 1. The highest BCUT2D eigenvalue weighted by molar-refractivity contribution is 6.05. The Hall–Kier alpha value is -1.78. The van der Waals surface area contributed by atoms with Crippen molar-refractivity contribution in [1.29, 1.82) is 0 Å². The summed E-state index contributed by atoms with van der Waals surface area (Å²) in [4.78, 5) is 24.6. The first-order valence-corrected chi connectivity index (χ1v) is 3.46. The van der Waals surface area contributed by atoms with Gasteiger partial charge >= 0.3 is 5.97 Å². The fourth-order valence-corrected chi connectivity index (χ4v) is 0.834. The number of Topliss-reactive ketones (excluding diaryl/α,β-unsaturated/α-hetero) is 1. The maximum atomic E-state index is 12.8. The van der Waals surface area contributed by atoms with E-state index in [1.807, 2.05) is 0 Å². The van der Waals surface area contributed by atoms with Gasteiger partial charge in [-0.3, -0.25) is 14.6 Å². The molecule has 0 aliphatic rings. The monoisotopic (exact) mass is 183 g/mol. The highest BCUT2D eigenvalue weighted by Gasteiger charge is 2.14. The zero-order valence-electron chi connectivity index (χ0n) is 6.53. The molecule has 68 valence electrons. The van der Waals surface area contributed by atoms with E-state index in [0.29, 0.717) is 0 Å². The largest absolute Gasteiger partial charge is 0.481 e. The minimum Gasteiger partial charge on any atom is -0.481 e. The predicted molar refractivity (Wildman–Crippen MR) is 40.8 cm³/mol. The lowest BCUT2D eigenvalue weighted by Crippen LogP contribution is -2.08. The second-order valence-electron chi connectivity index (χ2n) is 2.35. The summed E-state index contributed by atoms with van der Waals surface area (Å²) >= 11 is 0. The molecule has 5 heteroatoms. The van der Waals surface area contributed by atoms with E-state index in [1.165, 1.54) is 6.20 Å². The van der Waals surface area contributed by atoms with Crippen molar-refractivity contribution in [2.24, 2.45) is 0 Å². The predicted octanol–water partition coefficient (Wildman–Crippen LogP) is 0.878. The number of pyridine rings is 1. The van der Waals surface area contributed by atoms with Gasteiger partial charge in [0.15, 0.2) is 11.6 Å². The van der Waals surface area contributed by atoms with E-state index in [4.69, 9.17) is 5.11 Å². The number of carbonyl (C=O) groups excluding carboxylic acids is 1. The highest BCUT2D eigenvalue weighted by Crippen LogP contribution is 2.07. The number of hydrogen-bond acceptors (Lipinski definition) is 3. The molecule has 0 fully saturated rings. The summed E-state index contributed by atoms with van der Waals surface area (Å²) in [6, 6.07) is 1.15. The second-order valence-corrected chi connectivity index (χ2v) is 2.35. The number of nitrogens with zero attached hydrogens (tertiary/aromatic N) is 1. The summed E-state index contributed by atoms with van der Waals surface area (Å²) in [5.74, 6) is -2.83. The minimum absolute atomic E-state index is 0.239. The van der Waals surface area contributed by atoms with Crippen molar-refractivity contribution in [3.05, 3.63) is 29.8 Å². The standard InChI is InChI=1S/C8H6FNO3/c9-6-4-10-2-1-5(6)7(11)3-8(12)13/h1-2,4H,3H2,(H,12,13). The first-order valence-electron chi connectivity index (χ1n) is 3.46. The molecule has 0 aliphatic heterocycles. The van der Waals surface area contributed by atoms with Crippen LogP contribution < -0.4 is 0 Å². The molecule has 13 heavy (non-hydrogen) atoms. The van der Waals surface area contributed by atoms with Gasteiger partial charge in [0.1, 0.15) is 6.42 Å². The molecule has 0 radical (unpaired) electrons. The molecule has 0 aromatic carbocycles. The van der Waals surface area contributed by atoms with E-state index in [0.717, 1.165) is 12.3 Å². The first-order chi connectivity index (χ1) is 6.11. The molecule has 0 saturated heterocycles. The van der Waals surface area contributed by atoms with Crippen molar-refractivity contribution < 1.29 is 19.1 Å². The van der Waals surface area contributed by atoms with Gasteiger partial charge in [-0.1, -0.05) is 0 Å². The number of aliphatic carboxylic acids is 1. The molecule has 4 nitrogen and oxygen atoms in total. The van der Waals surface area contributed by atoms with Crippen molar-refractivity contribution in [3.63, 3.8) is 0 Å². The lowest BCUT2D eigenvalue weighted by Gasteiger charge is -1.97. The van der Waals surface area contributed by atoms with Gasteiger partial charge in [-0.15, -0.1) is 0 Å². The van der Waals surface area contributed by atoms with Gasteiger partial charge in [0, 0.05) is 6.20 Å². The highest BCUT2D eigenvalue weighted by atomic mass is 19.1. The fraction of sp³-hybridized carbons (Fsp3) is 0.125. The average Bonchev–Trinajstić information content (AvgIpc) is 2.03. The second kappa shape index (κ2) is 3.75. The summed E-state index contributed by atoms with van der Waals surface area (Å²) in [6.45, 7) is 0. The topological polar surface area (TPSA) is 67.3 Å². The Labute approximate surface area is 73.0 Å². The fourth-order valence-electron chi connectivity index (χ4n) is 0.834. The Morgan fingerprint density at radius 1 is 1.54 bits per heavy atom. The van der Waals surface area contributed by atoms with Crippen LogP contribution in [0.1, 0.15) is 16.8 Å². The Bertz CT molecular complexity index is 351. The normalized spacial score (nSPS) is 9.62. The number of halogens is 1. The lowest BCUT2D eigenvalue weighted by molar-refractivity contribution is -0.135. The zero-order valence-corrected chi connectivity index (χ0v) is 6.53. The van der Waals surface area contributed by atoms with Gasteiger partial charge in [-0.25, -0.2) is 4.39 Å². The zero-order chi connectivity index (χ0) is 9.84. The van der Waals surface area contributed by atoms with Gasteiger partial charge in [-0.2, -0.15) is 0 Å². The number of ketones is 1. The van der Waals surface area contributed by atoms with Crippen molar-refractivity contribution >= 4 is 11.8 Å². The Morgan fingerprint density at radius 3 is 2.77 bits per heavy atom. The smallest absolute Gasteiger partial charge is 0.311 e.